The van der Waals surface area contributed by atoms with Gasteiger partial charge in [-0.25, -0.2) is 0 Å². The number of alkyl halides is 3. The molecule has 4 heteroatoms. The van der Waals surface area contributed by atoms with E-state index in [9.17, 15) is 13.2 Å². The molecule has 1 aliphatic rings. The number of nitrogens with one attached hydrogen (secondary N) is 1. The maximum absolute atomic E-state index is 12.8. The van der Waals surface area contributed by atoms with Gasteiger partial charge in [0.15, 0.2) is 0 Å². The monoisotopic (exact) mass is 357 g/mol. The molecule has 0 bridgehead atoms. The van der Waals surface area contributed by atoms with Gasteiger partial charge in [-0.05, 0) is 35.3 Å². The minimum atomic E-state index is -4.23. The second-order valence-corrected chi connectivity index (χ2v) is 6.52. The normalized spacial score (nSPS) is 16.6. The van der Waals surface area contributed by atoms with Crippen LogP contribution in [0.4, 0.5) is 13.2 Å². The predicted octanol–water partition coefficient (Wildman–Crippen LogP) is 6.26. The van der Waals surface area contributed by atoms with Gasteiger partial charge in [0.05, 0.1) is 0 Å². The van der Waals surface area contributed by atoms with Crippen LogP contribution in [-0.4, -0.2) is 12.7 Å². The van der Waals surface area contributed by atoms with Crippen molar-refractivity contribution in [3.63, 3.8) is 0 Å². The van der Waals surface area contributed by atoms with E-state index in [1.807, 2.05) is 30.4 Å². The summed E-state index contributed by atoms with van der Waals surface area (Å²) in [5.74, 6) is 0. The fourth-order valence-electron chi connectivity index (χ4n) is 3.25. The number of rotatable bonds is 5. The minimum absolute atomic E-state index is 0.0428. The Balaban J connectivity index is 1.58. The van der Waals surface area contributed by atoms with Gasteiger partial charge in [0, 0.05) is 24.6 Å². The standard InChI is InChI=1S/C22H22F3N/c1-16(20-13-5-10-18-9-2-3-12-21(18)20)26-14-6-8-17-7-4-11-19(15-17)22(23,24)25/h2-3,5-13,16,26H,4,14-15H2,1H3/b8-6+/t16-/m1/s1. The second-order valence-electron chi connectivity index (χ2n) is 6.52. The molecule has 0 saturated heterocycles. The van der Waals surface area contributed by atoms with E-state index in [1.54, 1.807) is 6.08 Å². The van der Waals surface area contributed by atoms with E-state index in [4.69, 9.17) is 0 Å². The third kappa shape index (κ3) is 4.44. The van der Waals surface area contributed by atoms with Gasteiger partial charge in [-0.3, -0.25) is 0 Å². The number of allylic oxidation sites excluding steroid dienone is 5. The SMILES string of the molecule is C[C@@H](NC/C=C/C1=CCC=C(C(F)(F)F)C1)c1cccc2ccccc12. The third-order valence-corrected chi connectivity index (χ3v) is 4.67. The number of fused-ring (bicyclic) bond motifs is 1. The molecular weight excluding hydrogens is 335 g/mol. The lowest BCUT2D eigenvalue weighted by molar-refractivity contribution is -0.0934. The first-order valence-electron chi connectivity index (χ1n) is 8.78. The number of hydrogen-bond acceptors (Lipinski definition) is 1. The summed E-state index contributed by atoms with van der Waals surface area (Å²) < 4.78 is 38.4. The zero-order valence-electron chi connectivity index (χ0n) is 14.7. The largest absolute Gasteiger partial charge is 0.412 e. The van der Waals surface area contributed by atoms with E-state index < -0.39 is 11.7 Å². The number of hydrogen-bond donors (Lipinski definition) is 1. The van der Waals surface area contributed by atoms with Crippen LogP contribution in [0.5, 0.6) is 0 Å². The molecule has 0 heterocycles. The van der Waals surface area contributed by atoms with Gasteiger partial charge in [-0.15, -0.1) is 0 Å². The average Bonchev–Trinajstić information content (AvgIpc) is 2.64. The van der Waals surface area contributed by atoms with Gasteiger partial charge in [0.25, 0.3) is 0 Å². The molecule has 1 N–H and O–H groups in total. The molecule has 26 heavy (non-hydrogen) atoms. The van der Waals surface area contributed by atoms with Crippen molar-refractivity contribution in [2.45, 2.75) is 32.0 Å². The summed E-state index contributed by atoms with van der Waals surface area (Å²) in [6.45, 7) is 2.70. The Kier molecular flexibility index (Phi) is 5.62. The van der Waals surface area contributed by atoms with E-state index in [-0.39, 0.29) is 12.5 Å². The molecule has 0 fully saturated rings. The van der Waals surface area contributed by atoms with Crippen LogP contribution in [0.25, 0.3) is 10.8 Å². The summed E-state index contributed by atoms with van der Waals surface area (Å²) in [7, 11) is 0. The smallest absolute Gasteiger partial charge is 0.307 e. The van der Waals surface area contributed by atoms with E-state index in [0.29, 0.717) is 13.0 Å². The highest BCUT2D eigenvalue weighted by atomic mass is 19.4. The Morgan fingerprint density at radius 1 is 1.08 bits per heavy atom. The quantitative estimate of drug-likeness (QED) is 0.623. The first kappa shape index (κ1) is 18.5. The molecule has 0 aromatic heterocycles. The molecule has 2 aromatic carbocycles. The van der Waals surface area contributed by atoms with Crippen molar-refractivity contribution in [1.29, 1.82) is 0 Å². The summed E-state index contributed by atoms with van der Waals surface area (Å²) in [6, 6.07) is 14.6. The summed E-state index contributed by atoms with van der Waals surface area (Å²) in [4.78, 5) is 0. The Bertz CT molecular complexity index is 854. The van der Waals surface area contributed by atoms with Crippen molar-refractivity contribution in [2.24, 2.45) is 0 Å². The van der Waals surface area contributed by atoms with Crippen LogP contribution in [-0.2, 0) is 0 Å². The molecule has 0 radical (unpaired) electrons. The first-order chi connectivity index (χ1) is 12.4. The van der Waals surface area contributed by atoms with Crippen LogP contribution < -0.4 is 5.32 Å². The molecule has 0 saturated carbocycles. The molecule has 136 valence electrons. The zero-order chi connectivity index (χ0) is 18.6. The molecule has 1 aliphatic carbocycles. The van der Waals surface area contributed by atoms with Crippen LogP contribution in [0, 0.1) is 0 Å². The molecule has 3 rings (SSSR count). The van der Waals surface area contributed by atoms with E-state index in [0.717, 1.165) is 5.57 Å². The molecular formula is C22H22F3N. The van der Waals surface area contributed by atoms with Gasteiger partial charge >= 0.3 is 6.18 Å². The van der Waals surface area contributed by atoms with Crippen molar-refractivity contribution >= 4 is 10.8 Å². The molecule has 0 amide bonds. The first-order valence-corrected chi connectivity index (χ1v) is 8.78. The second kappa shape index (κ2) is 7.92. The third-order valence-electron chi connectivity index (χ3n) is 4.67. The molecule has 0 spiro atoms. The van der Waals surface area contributed by atoms with Gasteiger partial charge in [0.1, 0.15) is 0 Å². The zero-order valence-corrected chi connectivity index (χ0v) is 14.7. The lowest BCUT2D eigenvalue weighted by atomic mass is 9.97. The molecule has 2 aromatic rings. The van der Waals surface area contributed by atoms with Crippen molar-refractivity contribution in [1.82, 2.24) is 5.32 Å². The Morgan fingerprint density at radius 3 is 2.65 bits per heavy atom. The number of halogens is 3. The highest BCUT2D eigenvalue weighted by molar-refractivity contribution is 5.86. The maximum Gasteiger partial charge on any atom is 0.412 e. The summed E-state index contributed by atoms with van der Waals surface area (Å²) in [5.41, 5.74) is 1.49. The predicted molar refractivity (Wildman–Crippen MR) is 101 cm³/mol. The van der Waals surface area contributed by atoms with Crippen molar-refractivity contribution < 1.29 is 13.2 Å². The molecule has 0 unspecified atom stereocenters. The van der Waals surface area contributed by atoms with Gasteiger partial charge in [-0.2, -0.15) is 13.2 Å². The van der Waals surface area contributed by atoms with Gasteiger partial charge in [-0.1, -0.05) is 66.8 Å². The highest BCUT2D eigenvalue weighted by Crippen LogP contribution is 2.33. The summed E-state index contributed by atoms with van der Waals surface area (Å²) >= 11 is 0. The lowest BCUT2D eigenvalue weighted by Crippen LogP contribution is -2.19. The van der Waals surface area contributed by atoms with Crippen LogP contribution in [0.15, 0.2) is 77.9 Å². The fraction of sp³-hybridized carbons (Fsp3) is 0.273. The summed E-state index contributed by atoms with van der Waals surface area (Å²) in [5, 5.41) is 5.84. The van der Waals surface area contributed by atoms with E-state index >= 15 is 0 Å². The molecule has 0 aliphatic heterocycles. The van der Waals surface area contributed by atoms with Gasteiger partial charge < -0.3 is 5.32 Å². The van der Waals surface area contributed by atoms with E-state index in [1.165, 1.54) is 22.4 Å². The topological polar surface area (TPSA) is 12.0 Å². The Labute approximate surface area is 151 Å². The van der Waals surface area contributed by atoms with Crippen LogP contribution in [0.2, 0.25) is 0 Å². The fourth-order valence-corrected chi connectivity index (χ4v) is 3.25. The van der Waals surface area contributed by atoms with Gasteiger partial charge in [0.2, 0.25) is 0 Å². The average molecular weight is 357 g/mol. The lowest BCUT2D eigenvalue weighted by Gasteiger charge is -2.17. The maximum atomic E-state index is 12.8. The van der Waals surface area contributed by atoms with Crippen LogP contribution in [0.1, 0.15) is 31.4 Å². The summed E-state index contributed by atoms with van der Waals surface area (Å²) in [6.07, 6.45) is 2.87. The van der Waals surface area contributed by atoms with Crippen molar-refractivity contribution in [3.8, 4) is 0 Å². The number of benzene rings is 2. The minimum Gasteiger partial charge on any atom is -0.307 e. The highest BCUT2D eigenvalue weighted by Gasteiger charge is 2.33. The molecule has 1 nitrogen and oxygen atoms in total. The van der Waals surface area contributed by atoms with Crippen LogP contribution >= 0.6 is 0 Å². The van der Waals surface area contributed by atoms with Crippen molar-refractivity contribution in [2.75, 3.05) is 6.54 Å². The van der Waals surface area contributed by atoms with Crippen LogP contribution in [0.3, 0.4) is 0 Å². The van der Waals surface area contributed by atoms with Crippen molar-refractivity contribution in [3.05, 3.63) is 83.5 Å². The van der Waals surface area contributed by atoms with E-state index in [2.05, 4.69) is 36.5 Å². The Hall–Kier alpha value is -2.33. The Morgan fingerprint density at radius 2 is 1.85 bits per heavy atom. The molecule has 1 atom stereocenters.